The topological polar surface area (TPSA) is 134 Å². The molecule has 0 radical (unpaired) electrons. The van der Waals surface area contributed by atoms with Gasteiger partial charge in [-0.3, -0.25) is 15.2 Å². The van der Waals surface area contributed by atoms with Gasteiger partial charge in [-0.15, -0.1) is 0 Å². The first-order valence-corrected chi connectivity index (χ1v) is 8.62. The number of nitrogens with zero attached hydrogens (tertiary/aromatic N) is 1. The van der Waals surface area contributed by atoms with E-state index in [0.717, 1.165) is 11.1 Å². The van der Waals surface area contributed by atoms with Gasteiger partial charge in [0.05, 0.1) is 17.0 Å². The quantitative estimate of drug-likeness (QED) is 0.318. The van der Waals surface area contributed by atoms with Gasteiger partial charge in [0.2, 0.25) is 0 Å². The molecule has 1 amide bonds. The average Bonchev–Trinajstić information content (AvgIpc) is 2.70. The molecule has 2 aromatic carbocycles. The molecule has 0 atom stereocenters. The van der Waals surface area contributed by atoms with E-state index in [1.54, 1.807) is 31.2 Å². The fraction of sp³-hybridized carbons (Fsp3) is 0.0476. The maximum Gasteiger partial charge on any atom is 0.257 e. The average molecular weight is 374 g/mol. The Morgan fingerprint density at radius 2 is 1.89 bits per heavy atom. The molecule has 7 nitrogen and oxygen atoms in total. The molecule has 1 heterocycles. The summed E-state index contributed by atoms with van der Waals surface area (Å²) in [6, 6.07) is 14.3. The monoisotopic (exact) mass is 374 g/mol. The maximum absolute atomic E-state index is 12.7. The first-order chi connectivity index (χ1) is 13.4. The van der Waals surface area contributed by atoms with E-state index in [4.69, 9.17) is 22.7 Å². The second-order valence-electron chi connectivity index (χ2n) is 6.37. The number of carbonyl (C=O) groups excluding carboxylic acids is 1. The van der Waals surface area contributed by atoms with Crippen molar-refractivity contribution in [3.05, 3.63) is 95.0 Å². The Hall–Kier alpha value is -3.84. The minimum absolute atomic E-state index is 0.285. The van der Waals surface area contributed by atoms with Crippen LogP contribution in [0.4, 0.5) is 11.4 Å². The highest BCUT2D eigenvalue weighted by molar-refractivity contribution is 6.15. The molecule has 3 rings (SSSR count). The van der Waals surface area contributed by atoms with E-state index in [-0.39, 0.29) is 11.6 Å². The highest BCUT2D eigenvalue weighted by Gasteiger charge is 2.19. The van der Waals surface area contributed by atoms with Gasteiger partial charge in [-0.1, -0.05) is 30.3 Å². The lowest BCUT2D eigenvalue weighted by Gasteiger charge is -2.23. The molecule has 0 spiro atoms. The highest BCUT2D eigenvalue weighted by Crippen LogP contribution is 2.24. The first kappa shape index (κ1) is 18.9. The number of allylic oxidation sites excluding steroid dienone is 1. The predicted molar refractivity (Wildman–Crippen MR) is 112 cm³/mol. The molecule has 0 fully saturated rings. The Morgan fingerprint density at radius 1 is 1.18 bits per heavy atom. The van der Waals surface area contributed by atoms with Crippen LogP contribution < -0.4 is 22.6 Å². The summed E-state index contributed by atoms with van der Waals surface area (Å²) in [6.07, 6.45) is 4.62. The number of amides is 1. The Bertz CT molecular complexity index is 1020. The van der Waals surface area contributed by atoms with Crippen LogP contribution in [0.2, 0.25) is 0 Å². The molecule has 0 saturated heterocycles. The molecule has 8 N–H and O–H groups in total. The van der Waals surface area contributed by atoms with E-state index in [0.29, 0.717) is 28.2 Å². The summed E-state index contributed by atoms with van der Waals surface area (Å²) in [5.41, 5.74) is 15.9. The molecule has 1 aliphatic rings. The van der Waals surface area contributed by atoms with Gasteiger partial charge < -0.3 is 16.8 Å². The molecule has 0 aliphatic carbocycles. The van der Waals surface area contributed by atoms with Crippen LogP contribution in [0.3, 0.4) is 0 Å². The van der Waals surface area contributed by atoms with Crippen LogP contribution in [0.25, 0.3) is 0 Å². The lowest BCUT2D eigenvalue weighted by Crippen LogP contribution is -2.30. The second-order valence-corrected chi connectivity index (χ2v) is 6.37. The number of nitrogen functional groups attached to an aromatic ring is 1. The lowest BCUT2D eigenvalue weighted by atomic mass is 10.00. The summed E-state index contributed by atoms with van der Waals surface area (Å²) in [7, 11) is 0. The summed E-state index contributed by atoms with van der Waals surface area (Å²) in [4.78, 5) is 12.7. The number of hydrogen-bond acceptors (Lipinski definition) is 6. The van der Waals surface area contributed by atoms with Crippen molar-refractivity contribution in [1.82, 2.24) is 5.01 Å². The summed E-state index contributed by atoms with van der Waals surface area (Å²) >= 11 is 0. The third-order valence-electron chi connectivity index (χ3n) is 4.41. The number of nitrogens with one attached hydrogen (secondary N) is 2. The highest BCUT2D eigenvalue weighted by atomic mass is 16.1. The van der Waals surface area contributed by atoms with Crippen molar-refractivity contribution in [2.45, 2.75) is 6.92 Å². The van der Waals surface area contributed by atoms with Crippen molar-refractivity contribution in [2.24, 2.45) is 11.6 Å². The van der Waals surface area contributed by atoms with Crippen molar-refractivity contribution >= 4 is 23.0 Å². The van der Waals surface area contributed by atoms with Crippen LogP contribution >= 0.6 is 0 Å². The Morgan fingerprint density at radius 3 is 2.57 bits per heavy atom. The number of nitrogens with two attached hydrogens (primary N) is 3. The third-order valence-corrected chi connectivity index (χ3v) is 4.41. The smallest absolute Gasteiger partial charge is 0.257 e. The number of rotatable bonds is 4. The summed E-state index contributed by atoms with van der Waals surface area (Å²) < 4.78 is 0. The molecule has 0 bridgehead atoms. The van der Waals surface area contributed by atoms with Crippen LogP contribution in [0.5, 0.6) is 0 Å². The van der Waals surface area contributed by atoms with E-state index in [9.17, 15) is 4.79 Å². The lowest BCUT2D eigenvalue weighted by molar-refractivity contribution is -0.112. The van der Waals surface area contributed by atoms with Gasteiger partial charge in [-0.2, -0.15) is 0 Å². The zero-order valence-electron chi connectivity index (χ0n) is 15.4. The van der Waals surface area contributed by atoms with Crippen LogP contribution in [0.15, 0.2) is 83.9 Å². The van der Waals surface area contributed by atoms with Crippen molar-refractivity contribution in [3.63, 3.8) is 0 Å². The van der Waals surface area contributed by atoms with E-state index in [2.05, 4.69) is 5.32 Å². The molecule has 0 unspecified atom stereocenters. The molecule has 0 saturated carbocycles. The molecular formula is C21H22N6O. The van der Waals surface area contributed by atoms with Gasteiger partial charge in [-0.25, -0.2) is 5.84 Å². The molecular weight excluding hydrogens is 352 g/mol. The number of hydrogen-bond donors (Lipinski definition) is 5. The van der Waals surface area contributed by atoms with Gasteiger partial charge in [0, 0.05) is 34.9 Å². The van der Waals surface area contributed by atoms with E-state index in [1.807, 2.05) is 30.3 Å². The van der Waals surface area contributed by atoms with Gasteiger partial charge in [-0.05, 0) is 36.8 Å². The Balaban J connectivity index is 1.85. The van der Waals surface area contributed by atoms with E-state index in [1.165, 1.54) is 17.4 Å². The van der Waals surface area contributed by atoms with Gasteiger partial charge >= 0.3 is 0 Å². The Labute approximate surface area is 163 Å². The van der Waals surface area contributed by atoms with Crippen molar-refractivity contribution < 1.29 is 4.79 Å². The molecule has 7 heteroatoms. The van der Waals surface area contributed by atoms with Crippen molar-refractivity contribution in [3.8, 4) is 0 Å². The minimum Gasteiger partial charge on any atom is -0.403 e. The minimum atomic E-state index is -0.317. The zero-order chi connectivity index (χ0) is 20.3. The van der Waals surface area contributed by atoms with Crippen LogP contribution in [-0.4, -0.2) is 16.6 Å². The molecule has 0 aromatic heterocycles. The van der Waals surface area contributed by atoms with Crippen molar-refractivity contribution in [1.29, 1.82) is 5.41 Å². The van der Waals surface area contributed by atoms with E-state index >= 15 is 0 Å². The third kappa shape index (κ3) is 3.79. The van der Waals surface area contributed by atoms with Gasteiger partial charge in [0.1, 0.15) is 0 Å². The second kappa shape index (κ2) is 7.81. The fourth-order valence-corrected chi connectivity index (χ4v) is 2.87. The largest absolute Gasteiger partial charge is 0.403 e. The van der Waals surface area contributed by atoms with Crippen molar-refractivity contribution in [2.75, 3.05) is 11.1 Å². The number of anilines is 2. The molecule has 1 aliphatic heterocycles. The number of carbonyl (C=O) groups is 1. The van der Waals surface area contributed by atoms with Gasteiger partial charge in [0.15, 0.2) is 0 Å². The van der Waals surface area contributed by atoms with Crippen LogP contribution in [0, 0.1) is 5.41 Å². The van der Waals surface area contributed by atoms with E-state index < -0.39 is 0 Å². The fourth-order valence-electron chi connectivity index (χ4n) is 2.87. The Kier molecular flexibility index (Phi) is 5.28. The number of hydrazine groups is 1. The van der Waals surface area contributed by atoms with Crippen LogP contribution in [-0.2, 0) is 4.79 Å². The SMILES string of the molecule is CC1=C/C(=C/N)N(N)C=C1C(=O)Nc1ccc(N)c(C(=N)c2ccccc2)c1. The van der Waals surface area contributed by atoms with Crippen LogP contribution in [0.1, 0.15) is 18.1 Å². The molecule has 2 aromatic rings. The normalized spacial score (nSPS) is 15.1. The maximum atomic E-state index is 12.7. The number of benzene rings is 2. The standard InChI is InChI=1S/C21H22N6O/c1-13-9-16(11-22)27(25)12-18(13)21(28)26-15-7-8-19(23)17(10-15)20(24)14-5-3-2-4-6-14/h2-12,24H,22-23,25H2,1H3,(H,26,28)/b16-11-,24-20?. The molecule has 28 heavy (non-hydrogen) atoms. The van der Waals surface area contributed by atoms with Gasteiger partial charge in [0.25, 0.3) is 5.91 Å². The first-order valence-electron chi connectivity index (χ1n) is 8.62. The zero-order valence-corrected chi connectivity index (χ0v) is 15.4. The summed E-state index contributed by atoms with van der Waals surface area (Å²) in [6.45, 7) is 1.81. The molecule has 142 valence electrons. The summed E-state index contributed by atoms with van der Waals surface area (Å²) in [5.74, 6) is 5.54. The summed E-state index contributed by atoms with van der Waals surface area (Å²) in [5, 5.41) is 12.6. The predicted octanol–water partition coefficient (Wildman–Crippen LogP) is 2.44.